The van der Waals surface area contributed by atoms with Crippen LogP contribution in [0.4, 0.5) is 5.69 Å². The summed E-state index contributed by atoms with van der Waals surface area (Å²) in [6, 6.07) is 6.03. The number of benzene rings is 1. The Balaban J connectivity index is 1.51. The second-order valence-electron chi connectivity index (χ2n) is 8.14. The molecule has 5 rings (SSSR count). The number of H-pyrrole nitrogens is 1. The van der Waals surface area contributed by atoms with Crippen LogP contribution in [0, 0.1) is 0 Å². The number of thiol groups is 1. The highest BCUT2D eigenvalue weighted by molar-refractivity contribution is 8.20. The lowest BCUT2D eigenvalue weighted by Crippen LogP contribution is -2.27. The molecule has 1 fully saturated rings. The second kappa shape index (κ2) is 7.28. The minimum absolute atomic E-state index is 0.000346. The molecule has 1 saturated carbocycles. The third-order valence-electron chi connectivity index (χ3n) is 5.64. The Morgan fingerprint density at radius 1 is 1.27 bits per heavy atom. The number of hydrogen-bond donors (Lipinski definition) is 4. The zero-order valence-corrected chi connectivity index (χ0v) is 17.5. The number of amides is 1. The first-order valence-corrected chi connectivity index (χ1v) is 11.7. The third-order valence-corrected chi connectivity index (χ3v) is 7.50. The van der Waals surface area contributed by atoms with Gasteiger partial charge in [0, 0.05) is 34.6 Å². The maximum absolute atomic E-state index is 13.1. The molecule has 0 saturated heterocycles. The number of anilines is 1. The Labute approximate surface area is 176 Å². The van der Waals surface area contributed by atoms with Crippen molar-refractivity contribution in [1.29, 1.82) is 0 Å². The molecule has 1 atom stereocenters. The SMILES string of the molecule is CC1(Nc2c(C(=O)NC[SH]3C=CC(=O)C3)cnc3ccc(-c4cn[nH]c4)cc23)CC1. The fraction of sp³-hybridized carbons (Fsp3) is 0.273. The number of pyridine rings is 1. The Kier molecular flexibility index (Phi) is 4.58. The number of aromatic amines is 1. The summed E-state index contributed by atoms with van der Waals surface area (Å²) in [5.41, 5.74) is 4.17. The molecule has 154 valence electrons. The summed E-state index contributed by atoms with van der Waals surface area (Å²) < 4.78 is 0. The smallest absolute Gasteiger partial charge is 0.255 e. The molecule has 3 heterocycles. The van der Waals surface area contributed by atoms with Crippen LogP contribution in [0.25, 0.3) is 22.0 Å². The van der Waals surface area contributed by atoms with Crippen molar-refractivity contribution in [2.45, 2.75) is 25.3 Å². The molecule has 3 aromatic rings. The van der Waals surface area contributed by atoms with Crippen molar-refractivity contribution in [1.82, 2.24) is 20.5 Å². The van der Waals surface area contributed by atoms with Gasteiger partial charge < -0.3 is 10.6 Å². The molecule has 1 unspecified atom stereocenters. The van der Waals surface area contributed by atoms with Crippen LogP contribution in [0.15, 0.2) is 48.3 Å². The minimum atomic E-state index is -0.609. The average molecular weight is 422 g/mol. The van der Waals surface area contributed by atoms with Crippen LogP contribution in [0.1, 0.15) is 30.1 Å². The molecule has 1 aliphatic carbocycles. The summed E-state index contributed by atoms with van der Waals surface area (Å²) in [6.45, 7) is 2.17. The van der Waals surface area contributed by atoms with Crippen LogP contribution in [0.3, 0.4) is 0 Å². The zero-order chi connectivity index (χ0) is 20.7. The molecule has 0 bridgehead atoms. The van der Waals surface area contributed by atoms with Gasteiger partial charge in [0.05, 0.1) is 28.8 Å². The summed E-state index contributed by atoms with van der Waals surface area (Å²) in [7, 11) is -0.609. The third kappa shape index (κ3) is 3.70. The molecule has 7 nitrogen and oxygen atoms in total. The number of nitrogens with zero attached hydrogens (tertiary/aromatic N) is 2. The van der Waals surface area contributed by atoms with Gasteiger partial charge >= 0.3 is 0 Å². The van der Waals surface area contributed by atoms with E-state index in [1.807, 2.05) is 23.7 Å². The number of rotatable bonds is 6. The summed E-state index contributed by atoms with van der Waals surface area (Å²) >= 11 is 0. The van der Waals surface area contributed by atoms with E-state index in [1.54, 1.807) is 18.5 Å². The van der Waals surface area contributed by atoms with E-state index in [1.165, 1.54) is 0 Å². The second-order valence-corrected chi connectivity index (χ2v) is 10.3. The number of fused-ring (bicyclic) bond motifs is 1. The number of ketones is 1. The van der Waals surface area contributed by atoms with E-state index in [9.17, 15) is 9.59 Å². The van der Waals surface area contributed by atoms with Crippen molar-refractivity contribution >= 4 is 39.2 Å². The molecule has 8 heteroatoms. The highest BCUT2D eigenvalue weighted by Gasteiger charge is 2.38. The van der Waals surface area contributed by atoms with Crippen molar-refractivity contribution in [2.24, 2.45) is 0 Å². The van der Waals surface area contributed by atoms with Gasteiger partial charge in [-0.15, -0.1) is 0 Å². The lowest BCUT2D eigenvalue weighted by atomic mass is 10.0. The van der Waals surface area contributed by atoms with Gasteiger partial charge in [0.2, 0.25) is 0 Å². The molecule has 0 radical (unpaired) electrons. The molecule has 3 N–H and O–H groups in total. The molecule has 1 aromatic carbocycles. The van der Waals surface area contributed by atoms with Crippen molar-refractivity contribution in [3.63, 3.8) is 0 Å². The van der Waals surface area contributed by atoms with Gasteiger partial charge in [-0.1, -0.05) is 6.07 Å². The quantitative estimate of drug-likeness (QED) is 0.457. The highest BCUT2D eigenvalue weighted by Crippen LogP contribution is 2.41. The fourth-order valence-electron chi connectivity index (χ4n) is 3.57. The largest absolute Gasteiger partial charge is 0.379 e. The highest BCUT2D eigenvalue weighted by atomic mass is 32.2. The summed E-state index contributed by atoms with van der Waals surface area (Å²) in [5.74, 6) is 0.988. The molecular formula is C22H23N5O2S. The average Bonchev–Trinajstić information content (AvgIpc) is 3.14. The Bertz CT molecular complexity index is 1170. The van der Waals surface area contributed by atoms with Gasteiger partial charge in [0.1, 0.15) is 0 Å². The Morgan fingerprint density at radius 2 is 2.13 bits per heavy atom. The number of nitrogens with one attached hydrogen (secondary N) is 3. The van der Waals surface area contributed by atoms with Gasteiger partial charge in [0.25, 0.3) is 5.91 Å². The lowest BCUT2D eigenvalue weighted by molar-refractivity contribution is -0.112. The van der Waals surface area contributed by atoms with Crippen LogP contribution in [0.2, 0.25) is 0 Å². The van der Waals surface area contributed by atoms with E-state index < -0.39 is 10.9 Å². The number of hydrogen-bond acceptors (Lipinski definition) is 5. The topological polar surface area (TPSA) is 99.8 Å². The summed E-state index contributed by atoms with van der Waals surface area (Å²) in [4.78, 5) is 29.1. The van der Waals surface area contributed by atoms with Gasteiger partial charge in [-0.2, -0.15) is 5.10 Å². The Morgan fingerprint density at radius 3 is 2.83 bits per heavy atom. The number of carbonyl (C=O) groups excluding carboxylic acids is 2. The van der Waals surface area contributed by atoms with Gasteiger partial charge in [-0.05, 0) is 48.9 Å². The molecule has 1 amide bonds. The molecule has 1 aliphatic heterocycles. The van der Waals surface area contributed by atoms with E-state index in [-0.39, 0.29) is 17.2 Å². The Hall–Kier alpha value is -3.13. The fourth-order valence-corrected chi connectivity index (χ4v) is 5.13. The molecule has 2 aromatic heterocycles. The van der Waals surface area contributed by atoms with Gasteiger partial charge in [-0.25, -0.2) is 10.9 Å². The maximum Gasteiger partial charge on any atom is 0.255 e. The summed E-state index contributed by atoms with van der Waals surface area (Å²) in [5, 5.41) is 16.3. The summed E-state index contributed by atoms with van der Waals surface area (Å²) in [6.07, 6.45) is 9.02. The van der Waals surface area contributed by atoms with Gasteiger partial charge in [0.15, 0.2) is 5.78 Å². The van der Waals surface area contributed by atoms with Crippen molar-refractivity contribution < 1.29 is 9.59 Å². The van der Waals surface area contributed by atoms with E-state index in [0.717, 1.165) is 40.6 Å². The van der Waals surface area contributed by atoms with Crippen molar-refractivity contribution in [3.8, 4) is 11.1 Å². The normalized spacial score (nSPS) is 20.4. The molecule has 2 aliphatic rings. The van der Waals surface area contributed by atoms with Crippen molar-refractivity contribution in [2.75, 3.05) is 16.9 Å². The predicted octanol–water partition coefficient (Wildman–Crippen LogP) is 3.37. The molecule has 0 spiro atoms. The van der Waals surface area contributed by atoms with Crippen LogP contribution < -0.4 is 10.6 Å². The number of aromatic nitrogens is 3. The first kappa shape index (κ1) is 18.9. The standard InChI is InChI=1S/C22H23N5O2S/c1-22(5-6-22)27-20-17-8-14(15-9-25-26-10-15)2-3-19(17)23-11-18(20)21(29)24-13-30-7-4-16(28)12-30/h2-4,7-11,30H,5-6,12-13H2,1H3,(H,23,27)(H,24,29)(H,25,26). The lowest BCUT2D eigenvalue weighted by Gasteiger charge is -2.20. The van der Waals surface area contributed by atoms with Crippen LogP contribution in [-0.2, 0) is 4.79 Å². The van der Waals surface area contributed by atoms with E-state index in [4.69, 9.17) is 0 Å². The monoisotopic (exact) mass is 421 g/mol. The van der Waals surface area contributed by atoms with Crippen LogP contribution >= 0.6 is 10.9 Å². The van der Waals surface area contributed by atoms with Crippen molar-refractivity contribution in [3.05, 3.63) is 53.8 Å². The molecular weight excluding hydrogens is 398 g/mol. The van der Waals surface area contributed by atoms with E-state index >= 15 is 0 Å². The van der Waals surface area contributed by atoms with E-state index in [0.29, 0.717) is 17.2 Å². The number of carbonyl (C=O) groups is 2. The predicted molar refractivity (Wildman–Crippen MR) is 121 cm³/mol. The first-order valence-electron chi connectivity index (χ1n) is 9.94. The van der Waals surface area contributed by atoms with Crippen LogP contribution in [-0.4, -0.2) is 44.0 Å². The van der Waals surface area contributed by atoms with Crippen LogP contribution in [0.5, 0.6) is 0 Å². The zero-order valence-electron chi connectivity index (χ0n) is 16.6. The van der Waals surface area contributed by atoms with E-state index in [2.05, 4.69) is 38.8 Å². The number of allylic oxidation sites excluding steroid dienone is 1. The maximum atomic E-state index is 13.1. The first-order chi connectivity index (χ1) is 14.5. The molecule has 30 heavy (non-hydrogen) atoms. The minimum Gasteiger partial charge on any atom is -0.379 e. The van der Waals surface area contributed by atoms with Gasteiger partial charge in [-0.3, -0.25) is 19.7 Å².